The Bertz CT molecular complexity index is 1740. The molecule has 1 aliphatic rings. The van der Waals surface area contributed by atoms with E-state index in [1.165, 1.54) is 33.4 Å². The highest BCUT2D eigenvalue weighted by Crippen LogP contribution is 2.51. The smallest absolute Gasteiger partial charge is 0.135 e. The Morgan fingerprint density at radius 2 is 1.27 bits per heavy atom. The van der Waals surface area contributed by atoms with E-state index in [2.05, 4.69) is 134 Å². The van der Waals surface area contributed by atoms with E-state index in [1.807, 2.05) is 6.07 Å². The molecule has 0 saturated carbocycles. The van der Waals surface area contributed by atoms with Gasteiger partial charge in [-0.2, -0.15) is 0 Å². The van der Waals surface area contributed by atoms with Gasteiger partial charge in [0.25, 0.3) is 0 Å². The topological polar surface area (TPSA) is 16.4 Å². The van der Waals surface area contributed by atoms with Gasteiger partial charge in [0.2, 0.25) is 0 Å². The van der Waals surface area contributed by atoms with Crippen LogP contribution in [-0.4, -0.2) is 0 Å². The molecule has 0 unspecified atom stereocenters. The Labute approximate surface area is 217 Å². The number of benzene rings is 5. The third-order valence-corrected chi connectivity index (χ3v) is 7.77. The predicted molar refractivity (Wildman–Crippen MR) is 154 cm³/mol. The number of hydrogen-bond acceptors (Lipinski definition) is 2. The molecule has 178 valence electrons. The fourth-order valence-electron chi connectivity index (χ4n) is 5.87. The first-order chi connectivity index (χ1) is 18.1. The molecule has 5 aromatic carbocycles. The molecular formula is C35H27NO. The van der Waals surface area contributed by atoms with Gasteiger partial charge in [-0.15, -0.1) is 0 Å². The van der Waals surface area contributed by atoms with Gasteiger partial charge in [0.15, 0.2) is 0 Å². The van der Waals surface area contributed by atoms with E-state index >= 15 is 0 Å². The monoisotopic (exact) mass is 477 g/mol. The van der Waals surface area contributed by atoms with Crippen molar-refractivity contribution in [1.29, 1.82) is 0 Å². The quantitative estimate of drug-likeness (QED) is 0.251. The summed E-state index contributed by atoms with van der Waals surface area (Å²) < 4.78 is 5.78. The average Bonchev–Trinajstić information content (AvgIpc) is 3.52. The van der Waals surface area contributed by atoms with Crippen LogP contribution in [0.1, 0.15) is 25.0 Å². The first-order valence-electron chi connectivity index (χ1n) is 12.8. The van der Waals surface area contributed by atoms with Gasteiger partial charge in [-0.05, 0) is 75.8 Å². The summed E-state index contributed by atoms with van der Waals surface area (Å²) in [4.78, 5) is 2.35. The number of rotatable bonds is 4. The third kappa shape index (κ3) is 3.41. The molecule has 2 nitrogen and oxygen atoms in total. The number of nitrogens with zero attached hydrogens (tertiary/aromatic N) is 1. The van der Waals surface area contributed by atoms with E-state index in [0.717, 1.165) is 28.0 Å². The summed E-state index contributed by atoms with van der Waals surface area (Å²) in [5.74, 6) is 0. The normalized spacial score (nSPS) is 13.4. The van der Waals surface area contributed by atoms with Crippen LogP contribution in [0.2, 0.25) is 0 Å². The number of fused-ring (bicyclic) bond motifs is 4. The van der Waals surface area contributed by atoms with Crippen LogP contribution in [-0.2, 0) is 5.41 Å². The molecule has 1 heterocycles. The van der Waals surface area contributed by atoms with Gasteiger partial charge in [0.1, 0.15) is 5.58 Å². The van der Waals surface area contributed by atoms with Gasteiger partial charge in [0.05, 0.1) is 12.0 Å². The van der Waals surface area contributed by atoms with Crippen molar-refractivity contribution in [3.8, 4) is 22.3 Å². The Morgan fingerprint density at radius 3 is 2.11 bits per heavy atom. The Balaban J connectivity index is 1.41. The third-order valence-electron chi connectivity index (χ3n) is 7.77. The van der Waals surface area contributed by atoms with Gasteiger partial charge >= 0.3 is 0 Å². The highest BCUT2D eigenvalue weighted by molar-refractivity contribution is 5.97. The molecule has 0 bridgehead atoms. The van der Waals surface area contributed by atoms with E-state index in [1.54, 1.807) is 6.26 Å². The van der Waals surface area contributed by atoms with Crippen LogP contribution in [0.25, 0.3) is 33.2 Å². The number of anilines is 3. The summed E-state index contributed by atoms with van der Waals surface area (Å²) in [7, 11) is 0. The van der Waals surface area contributed by atoms with Crippen LogP contribution >= 0.6 is 0 Å². The van der Waals surface area contributed by atoms with Crippen molar-refractivity contribution in [1.82, 2.24) is 0 Å². The fourth-order valence-corrected chi connectivity index (χ4v) is 5.87. The molecule has 2 heteroatoms. The molecule has 7 rings (SSSR count). The highest BCUT2D eigenvalue weighted by Gasteiger charge is 2.35. The summed E-state index contributed by atoms with van der Waals surface area (Å²) in [5, 5.41) is 1.10. The molecule has 0 N–H and O–H groups in total. The lowest BCUT2D eigenvalue weighted by Gasteiger charge is -2.28. The molecule has 0 fully saturated rings. The van der Waals surface area contributed by atoms with E-state index in [4.69, 9.17) is 4.42 Å². The molecule has 1 aromatic heterocycles. The number of hydrogen-bond donors (Lipinski definition) is 0. The van der Waals surface area contributed by atoms with Crippen molar-refractivity contribution in [3.05, 3.63) is 139 Å². The van der Waals surface area contributed by atoms with Gasteiger partial charge in [-0.1, -0.05) is 92.7 Å². The summed E-state index contributed by atoms with van der Waals surface area (Å²) >= 11 is 0. The van der Waals surface area contributed by atoms with Crippen molar-refractivity contribution in [3.63, 3.8) is 0 Å². The van der Waals surface area contributed by atoms with E-state index in [-0.39, 0.29) is 5.41 Å². The van der Waals surface area contributed by atoms with Crippen molar-refractivity contribution < 1.29 is 4.42 Å². The maximum atomic E-state index is 5.78. The zero-order valence-electron chi connectivity index (χ0n) is 21.0. The molecule has 0 spiro atoms. The van der Waals surface area contributed by atoms with Crippen LogP contribution < -0.4 is 4.90 Å². The fraction of sp³-hybridized carbons (Fsp3) is 0.0857. The first-order valence-corrected chi connectivity index (χ1v) is 12.8. The minimum atomic E-state index is -0.0631. The summed E-state index contributed by atoms with van der Waals surface area (Å²) in [6.07, 6.45) is 1.77. The maximum Gasteiger partial charge on any atom is 0.135 e. The van der Waals surface area contributed by atoms with Gasteiger partial charge in [-0.3, -0.25) is 0 Å². The molecule has 1 aliphatic carbocycles. The Kier molecular flexibility index (Phi) is 4.84. The van der Waals surface area contributed by atoms with E-state index < -0.39 is 0 Å². The minimum absolute atomic E-state index is 0.0631. The van der Waals surface area contributed by atoms with Crippen LogP contribution in [0.4, 0.5) is 17.1 Å². The van der Waals surface area contributed by atoms with Crippen molar-refractivity contribution in [2.24, 2.45) is 0 Å². The van der Waals surface area contributed by atoms with Gasteiger partial charge in [-0.25, -0.2) is 0 Å². The molecule has 37 heavy (non-hydrogen) atoms. The molecule has 0 aliphatic heterocycles. The second kappa shape index (κ2) is 8.25. The van der Waals surface area contributed by atoms with Gasteiger partial charge in [0, 0.05) is 22.2 Å². The first kappa shape index (κ1) is 21.7. The summed E-state index contributed by atoms with van der Waals surface area (Å²) in [6, 6.07) is 43.4. The number of furan rings is 1. The van der Waals surface area contributed by atoms with Crippen LogP contribution in [0, 0.1) is 0 Å². The zero-order valence-corrected chi connectivity index (χ0v) is 21.0. The molecule has 0 atom stereocenters. The lowest BCUT2D eigenvalue weighted by Crippen LogP contribution is -2.16. The Hall–Kier alpha value is -4.56. The van der Waals surface area contributed by atoms with Crippen molar-refractivity contribution in [2.45, 2.75) is 19.3 Å². The second-order valence-corrected chi connectivity index (χ2v) is 10.3. The second-order valence-electron chi connectivity index (χ2n) is 10.3. The molecule has 6 aromatic rings. The largest absolute Gasteiger partial charge is 0.464 e. The lowest BCUT2D eigenvalue weighted by molar-refractivity contribution is 0.616. The SMILES string of the molecule is CC1(C)c2ccccc2-c2ccc(N(c3ccc(-c4ccccc4)cc3)c3cccc4occc34)cc21. The van der Waals surface area contributed by atoms with Crippen LogP contribution in [0.5, 0.6) is 0 Å². The lowest BCUT2D eigenvalue weighted by atomic mass is 9.82. The minimum Gasteiger partial charge on any atom is -0.464 e. The zero-order chi connectivity index (χ0) is 25.0. The molecule has 0 radical (unpaired) electrons. The van der Waals surface area contributed by atoms with Crippen molar-refractivity contribution >= 4 is 28.0 Å². The molecular weight excluding hydrogens is 450 g/mol. The standard InChI is InChI=1S/C35H27NO/c1-35(2)31-12-7-6-11-28(31)29-20-19-27(23-32(29)35)36(33-13-8-14-34-30(33)21-22-37-34)26-17-15-25(16-18-26)24-9-4-3-5-10-24/h3-23H,1-2H3. The van der Waals surface area contributed by atoms with Crippen LogP contribution in [0.15, 0.2) is 132 Å². The molecule has 0 amide bonds. The Morgan fingerprint density at radius 1 is 0.568 bits per heavy atom. The average molecular weight is 478 g/mol. The van der Waals surface area contributed by atoms with E-state index in [0.29, 0.717) is 0 Å². The maximum absolute atomic E-state index is 5.78. The predicted octanol–water partition coefficient (Wildman–Crippen LogP) is 9.88. The highest BCUT2D eigenvalue weighted by atomic mass is 16.3. The van der Waals surface area contributed by atoms with E-state index in [9.17, 15) is 0 Å². The van der Waals surface area contributed by atoms with Crippen molar-refractivity contribution in [2.75, 3.05) is 4.90 Å². The van der Waals surface area contributed by atoms with Gasteiger partial charge < -0.3 is 9.32 Å². The summed E-state index contributed by atoms with van der Waals surface area (Å²) in [5.41, 5.74) is 12.0. The summed E-state index contributed by atoms with van der Waals surface area (Å²) in [6.45, 7) is 4.66. The van der Waals surface area contributed by atoms with Crippen LogP contribution in [0.3, 0.4) is 0 Å². The molecule has 0 saturated heterocycles.